The molecule has 1 aliphatic heterocycles. The van der Waals surface area contributed by atoms with E-state index in [-0.39, 0.29) is 16.6 Å². The van der Waals surface area contributed by atoms with Crippen LogP contribution in [0.15, 0.2) is 23.1 Å². The number of hydrogen-bond acceptors (Lipinski definition) is 6. The summed E-state index contributed by atoms with van der Waals surface area (Å²) in [6, 6.07) is 3.70. The fraction of sp³-hybridized carbons (Fsp3) is 0.500. The number of likely N-dealkylation sites (N-methyl/N-ethyl adjacent to an activating group) is 1. The monoisotopic (exact) mass is 315 g/mol. The Labute approximate surface area is 122 Å². The molecule has 2 rings (SSSR count). The summed E-state index contributed by atoms with van der Waals surface area (Å²) in [4.78, 5) is 12.1. The van der Waals surface area contributed by atoms with Crippen molar-refractivity contribution in [3.05, 3.63) is 28.3 Å². The molecule has 0 bridgehead atoms. The fourth-order valence-electron chi connectivity index (χ4n) is 2.35. The average Bonchev–Trinajstić information content (AvgIpc) is 2.45. The van der Waals surface area contributed by atoms with Crippen molar-refractivity contribution < 1.29 is 18.1 Å². The predicted molar refractivity (Wildman–Crippen MR) is 76.7 cm³/mol. The van der Waals surface area contributed by atoms with Crippen molar-refractivity contribution in [1.29, 1.82) is 0 Å². The second-order valence-corrected chi connectivity index (χ2v) is 6.50. The first-order valence-electron chi connectivity index (χ1n) is 6.42. The second kappa shape index (κ2) is 5.96. The Hall–Kier alpha value is -1.71. The van der Waals surface area contributed by atoms with Crippen LogP contribution in [0.25, 0.3) is 0 Å². The third-order valence-corrected chi connectivity index (χ3v) is 4.45. The number of anilines is 1. The zero-order valence-electron chi connectivity index (χ0n) is 11.6. The van der Waals surface area contributed by atoms with Gasteiger partial charge in [-0.25, -0.2) is 13.6 Å². The molecule has 0 radical (unpaired) electrons. The van der Waals surface area contributed by atoms with E-state index in [1.807, 2.05) is 0 Å². The topological polar surface area (TPSA) is 116 Å². The van der Waals surface area contributed by atoms with Crippen molar-refractivity contribution in [2.24, 2.45) is 5.14 Å². The van der Waals surface area contributed by atoms with Gasteiger partial charge in [-0.05, 0) is 25.0 Å². The van der Waals surface area contributed by atoms with Crippen LogP contribution in [0.4, 0.5) is 11.4 Å². The summed E-state index contributed by atoms with van der Waals surface area (Å²) >= 11 is 0. The van der Waals surface area contributed by atoms with Crippen molar-refractivity contribution in [1.82, 2.24) is 0 Å². The summed E-state index contributed by atoms with van der Waals surface area (Å²) in [5.74, 6) is 0. The van der Waals surface area contributed by atoms with Gasteiger partial charge >= 0.3 is 0 Å². The molecule has 1 heterocycles. The smallest absolute Gasteiger partial charge is 0.293 e. The molecule has 0 aromatic heterocycles. The second-order valence-electron chi connectivity index (χ2n) is 4.93. The summed E-state index contributed by atoms with van der Waals surface area (Å²) in [6.07, 6.45) is 1.75. The van der Waals surface area contributed by atoms with Crippen LogP contribution >= 0.6 is 0 Å². The van der Waals surface area contributed by atoms with Gasteiger partial charge in [0.2, 0.25) is 10.0 Å². The van der Waals surface area contributed by atoms with E-state index >= 15 is 0 Å². The van der Waals surface area contributed by atoms with Crippen molar-refractivity contribution in [2.45, 2.75) is 23.8 Å². The lowest BCUT2D eigenvalue weighted by molar-refractivity contribution is -0.384. The number of nitrogens with two attached hydrogens (primary N) is 1. The number of nitro benzene ring substituents is 1. The number of nitro groups is 1. The Morgan fingerprint density at radius 1 is 1.48 bits per heavy atom. The highest BCUT2D eigenvalue weighted by atomic mass is 32.2. The number of primary sulfonamides is 1. The maximum absolute atomic E-state index is 11.3. The molecule has 1 atom stereocenters. The Morgan fingerprint density at radius 2 is 2.19 bits per heavy atom. The number of ether oxygens (including phenoxy) is 1. The largest absolute Gasteiger partial charge is 0.379 e. The van der Waals surface area contributed by atoms with Crippen LogP contribution in [0.2, 0.25) is 0 Å². The first-order valence-corrected chi connectivity index (χ1v) is 7.97. The Kier molecular flexibility index (Phi) is 4.45. The maximum Gasteiger partial charge on any atom is 0.293 e. The van der Waals surface area contributed by atoms with Gasteiger partial charge in [-0.2, -0.15) is 0 Å². The van der Waals surface area contributed by atoms with Gasteiger partial charge < -0.3 is 9.64 Å². The maximum atomic E-state index is 11.3. The molecule has 9 heteroatoms. The molecular formula is C12H17N3O5S. The van der Waals surface area contributed by atoms with Gasteiger partial charge in [0.1, 0.15) is 5.69 Å². The molecule has 0 aliphatic carbocycles. The molecule has 2 N–H and O–H groups in total. The molecule has 1 fully saturated rings. The van der Waals surface area contributed by atoms with Crippen molar-refractivity contribution in [2.75, 3.05) is 25.2 Å². The van der Waals surface area contributed by atoms with E-state index in [1.54, 1.807) is 11.9 Å². The number of rotatable bonds is 4. The minimum Gasteiger partial charge on any atom is -0.379 e. The quantitative estimate of drug-likeness (QED) is 0.650. The molecule has 21 heavy (non-hydrogen) atoms. The van der Waals surface area contributed by atoms with Crippen LogP contribution in [0.1, 0.15) is 12.8 Å². The Morgan fingerprint density at radius 3 is 2.71 bits per heavy atom. The van der Waals surface area contributed by atoms with Crippen LogP contribution in [0, 0.1) is 10.1 Å². The summed E-state index contributed by atoms with van der Waals surface area (Å²) in [5, 5.41) is 16.2. The van der Waals surface area contributed by atoms with E-state index in [4.69, 9.17) is 9.88 Å². The van der Waals surface area contributed by atoms with E-state index in [2.05, 4.69) is 0 Å². The third kappa shape index (κ3) is 3.49. The zero-order valence-corrected chi connectivity index (χ0v) is 12.4. The molecule has 1 aromatic carbocycles. The summed E-state index contributed by atoms with van der Waals surface area (Å²) in [5.41, 5.74) is 0.0671. The van der Waals surface area contributed by atoms with Gasteiger partial charge in [-0.3, -0.25) is 10.1 Å². The number of benzene rings is 1. The highest BCUT2D eigenvalue weighted by Gasteiger charge is 2.26. The van der Waals surface area contributed by atoms with E-state index in [9.17, 15) is 18.5 Å². The third-order valence-electron chi connectivity index (χ3n) is 3.54. The molecule has 0 amide bonds. The molecule has 0 saturated carbocycles. The molecule has 0 spiro atoms. The fourth-order valence-corrected chi connectivity index (χ4v) is 2.88. The SMILES string of the molecule is CN(c1ccc(S(N)(=O)=O)cc1[N+](=O)[O-])C1CCCOC1. The summed E-state index contributed by atoms with van der Waals surface area (Å²) in [6.45, 7) is 1.18. The number of nitrogens with zero attached hydrogens (tertiary/aromatic N) is 2. The molecule has 1 saturated heterocycles. The Balaban J connectivity index is 2.40. The number of sulfonamides is 1. The van der Waals surface area contributed by atoms with Crippen LogP contribution in [-0.4, -0.2) is 39.6 Å². The molecular weight excluding hydrogens is 298 g/mol. The van der Waals surface area contributed by atoms with Gasteiger partial charge in [-0.1, -0.05) is 0 Å². The lowest BCUT2D eigenvalue weighted by Crippen LogP contribution is -2.38. The normalized spacial score (nSPS) is 19.2. The lowest BCUT2D eigenvalue weighted by atomic mass is 10.1. The van der Waals surface area contributed by atoms with Crippen LogP contribution in [-0.2, 0) is 14.8 Å². The van der Waals surface area contributed by atoms with Crippen molar-refractivity contribution in [3.63, 3.8) is 0 Å². The van der Waals surface area contributed by atoms with Crippen LogP contribution in [0.5, 0.6) is 0 Å². The van der Waals surface area contributed by atoms with Gasteiger partial charge in [0, 0.05) is 19.7 Å². The minimum absolute atomic E-state index is 0.0257. The van der Waals surface area contributed by atoms with Crippen LogP contribution in [0.3, 0.4) is 0 Å². The highest BCUT2D eigenvalue weighted by Crippen LogP contribution is 2.32. The molecule has 1 unspecified atom stereocenters. The standard InChI is InChI=1S/C12H17N3O5S/c1-14(9-3-2-6-20-8-9)11-5-4-10(21(13,18)19)7-12(11)15(16)17/h4-5,7,9H,2-3,6,8H2,1H3,(H2,13,18,19). The first-order chi connectivity index (χ1) is 9.80. The minimum atomic E-state index is -3.97. The van der Waals surface area contributed by atoms with Gasteiger partial charge in [-0.15, -0.1) is 0 Å². The van der Waals surface area contributed by atoms with Crippen molar-refractivity contribution >= 4 is 21.4 Å². The summed E-state index contributed by atoms with van der Waals surface area (Å²) < 4.78 is 28.0. The Bertz CT molecular complexity index is 640. The average molecular weight is 315 g/mol. The van der Waals surface area contributed by atoms with Crippen LogP contribution < -0.4 is 10.0 Å². The summed E-state index contributed by atoms with van der Waals surface area (Å²) in [7, 11) is -2.24. The lowest BCUT2D eigenvalue weighted by Gasteiger charge is -2.32. The van der Waals surface area contributed by atoms with E-state index in [0.717, 1.165) is 18.9 Å². The zero-order chi connectivity index (χ0) is 15.6. The first kappa shape index (κ1) is 15.7. The highest BCUT2D eigenvalue weighted by molar-refractivity contribution is 7.89. The van der Waals surface area contributed by atoms with E-state index < -0.39 is 14.9 Å². The van der Waals surface area contributed by atoms with Crippen molar-refractivity contribution in [3.8, 4) is 0 Å². The molecule has 1 aromatic rings. The van der Waals surface area contributed by atoms with E-state index in [1.165, 1.54) is 12.1 Å². The van der Waals surface area contributed by atoms with Gasteiger partial charge in [0.05, 0.1) is 22.5 Å². The number of hydrogen-bond donors (Lipinski definition) is 1. The molecule has 116 valence electrons. The van der Waals surface area contributed by atoms with Gasteiger partial charge in [0.25, 0.3) is 5.69 Å². The van der Waals surface area contributed by atoms with E-state index in [0.29, 0.717) is 18.9 Å². The molecule has 1 aliphatic rings. The predicted octanol–water partition coefficient (Wildman–Crippen LogP) is 0.857. The van der Waals surface area contributed by atoms with Gasteiger partial charge in [0.15, 0.2) is 0 Å². The molecule has 8 nitrogen and oxygen atoms in total.